The maximum Gasteiger partial charge on any atom is 0.344 e. The number of carbonyl (C=O) groups is 4. The molecule has 0 radical (unpaired) electrons. The molecule has 33 heavy (non-hydrogen) atoms. The maximum absolute atomic E-state index is 13.1. The smallest absolute Gasteiger partial charge is 0.344 e. The lowest BCUT2D eigenvalue weighted by Gasteiger charge is -2.26. The zero-order valence-electron chi connectivity index (χ0n) is 17.3. The van der Waals surface area contributed by atoms with Crippen LogP contribution in [0.2, 0.25) is 0 Å². The molecule has 2 aliphatic heterocycles. The summed E-state index contributed by atoms with van der Waals surface area (Å²) in [7, 11) is 0. The Morgan fingerprint density at radius 1 is 1.15 bits per heavy atom. The van der Waals surface area contributed by atoms with Crippen LogP contribution in [0.1, 0.15) is 12.5 Å². The van der Waals surface area contributed by atoms with Gasteiger partial charge in [0.05, 0.1) is 15.9 Å². The summed E-state index contributed by atoms with van der Waals surface area (Å²) >= 11 is 2.01. The van der Waals surface area contributed by atoms with E-state index in [0.717, 1.165) is 4.90 Å². The normalized spacial score (nSPS) is 16.1. The molecule has 0 aliphatic carbocycles. The Bertz CT molecular complexity index is 1190. The van der Waals surface area contributed by atoms with E-state index >= 15 is 0 Å². The highest BCUT2D eigenvalue weighted by molar-refractivity contribution is 14.1. The predicted octanol–water partition coefficient (Wildman–Crippen LogP) is 2.63. The third-order valence-electron chi connectivity index (χ3n) is 4.63. The molecule has 1 N–H and O–H groups in total. The standard InChI is InChI=1S/C22H17IN2O8/c1-2-30-19(26)10-31-16-5-3-12(8-15(16)23)7-14-20(27)24-22(29)25(21(14)28)13-4-6-17-18(9-13)33-11-32-17/h3-9H,2,10-11H2,1H3,(H,24,27,29)/b14-7+. The second-order valence-corrected chi connectivity index (χ2v) is 7.94. The molecular formula is C22H17IN2O8. The van der Waals surface area contributed by atoms with Crippen LogP contribution in [0.4, 0.5) is 10.5 Å². The number of imide groups is 2. The van der Waals surface area contributed by atoms with Crippen molar-refractivity contribution in [2.24, 2.45) is 0 Å². The van der Waals surface area contributed by atoms with E-state index in [2.05, 4.69) is 5.32 Å². The molecule has 1 saturated heterocycles. The van der Waals surface area contributed by atoms with Gasteiger partial charge in [0.15, 0.2) is 18.1 Å². The minimum Gasteiger partial charge on any atom is -0.481 e. The van der Waals surface area contributed by atoms with Gasteiger partial charge >= 0.3 is 12.0 Å². The number of hydrogen-bond donors (Lipinski definition) is 1. The molecule has 11 heteroatoms. The number of carbonyl (C=O) groups excluding carboxylic acids is 4. The number of nitrogens with one attached hydrogen (secondary N) is 1. The maximum atomic E-state index is 13.1. The Morgan fingerprint density at radius 3 is 2.70 bits per heavy atom. The van der Waals surface area contributed by atoms with Gasteiger partial charge in [-0.25, -0.2) is 14.5 Å². The van der Waals surface area contributed by atoms with Crippen LogP contribution in [0.5, 0.6) is 17.2 Å². The van der Waals surface area contributed by atoms with E-state index in [0.29, 0.717) is 26.4 Å². The van der Waals surface area contributed by atoms with Gasteiger partial charge in [0.25, 0.3) is 11.8 Å². The summed E-state index contributed by atoms with van der Waals surface area (Å²) in [5, 5.41) is 2.18. The van der Waals surface area contributed by atoms with E-state index in [1.165, 1.54) is 18.2 Å². The molecule has 0 aromatic heterocycles. The highest BCUT2D eigenvalue weighted by Crippen LogP contribution is 2.36. The Labute approximate surface area is 201 Å². The van der Waals surface area contributed by atoms with Gasteiger partial charge in [-0.05, 0) is 65.4 Å². The van der Waals surface area contributed by atoms with E-state index in [4.69, 9.17) is 18.9 Å². The van der Waals surface area contributed by atoms with Gasteiger partial charge in [-0.1, -0.05) is 6.07 Å². The van der Waals surface area contributed by atoms with Gasteiger partial charge in [0.2, 0.25) is 6.79 Å². The summed E-state index contributed by atoms with van der Waals surface area (Å²) in [6, 6.07) is 8.64. The second-order valence-electron chi connectivity index (χ2n) is 6.78. The fourth-order valence-corrected chi connectivity index (χ4v) is 3.84. The predicted molar refractivity (Wildman–Crippen MR) is 123 cm³/mol. The number of hydrogen-bond acceptors (Lipinski definition) is 8. The molecule has 170 valence electrons. The van der Waals surface area contributed by atoms with Gasteiger partial charge in [0.1, 0.15) is 11.3 Å². The number of anilines is 1. The summed E-state index contributed by atoms with van der Waals surface area (Å²) in [5.41, 5.74) is 0.544. The molecular weight excluding hydrogens is 547 g/mol. The van der Waals surface area contributed by atoms with Crippen molar-refractivity contribution in [2.45, 2.75) is 6.92 Å². The molecule has 2 heterocycles. The number of amides is 4. The van der Waals surface area contributed by atoms with Gasteiger partial charge in [0, 0.05) is 6.07 Å². The number of halogens is 1. The molecule has 0 bridgehead atoms. The van der Waals surface area contributed by atoms with Crippen molar-refractivity contribution in [2.75, 3.05) is 24.9 Å². The second kappa shape index (κ2) is 9.48. The zero-order chi connectivity index (χ0) is 23.5. The van der Waals surface area contributed by atoms with E-state index in [1.54, 1.807) is 31.2 Å². The molecule has 2 aromatic rings. The topological polar surface area (TPSA) is 120 Å². The first kappa shape index (κ1) is 22.6. The van der Waals surface area contributed by atoms with Gasteiger partial charge < -0.3 is 18.9 Å². The third kappa shape index (κ3) is 4.77. The number of nitrogens with zero attached hydrogens (tertiary/aromatic N) is 1. The number of urea groups is 1. The molecule has 0 unspecified atom stereocenters. The SMILES string of the molecule is CCOC(=O)COc1ccc(/C=C2\C(=O)NC(=O)N(c3ccc4c(c3)OCO4)C2=O)cc1I. The van der Waals surface area contributed by atoms with Crippen LogP contribution in [-0.2, 0) is 19.1 Å². The lowest BCUT2D eigenvalue weighted by molar-refractivity contribution is -0.145. The van der Waals surface area contributed by atoms with E-state index in [1.807, 2.05) is 22.6 Å². The van der Waals surface area contributed by atoms with Crippen LogP contribution in [-0.4, -0.2) is 43.8 Å². The lowest BCUT2D eigenvalue weighted by atomic mass is 10.1. The van der Waals surface area contributed by atoms with E-state index in [9.17, 15) is 19.2 Å². The highest BCUT2D eigenvalue weighted by atomic mass is 127. The number of esters is 1. The number of ether oxygens (including phenoxy) is 4. The van der Waals surface area contributed by atoms with Gasteiger partial charge in [-0.15, -0.1) is 0 Å². The Kier molecular flexibility index (Phi) is 6.49. The minimum absolute atomic E-state index is 0.0424. The van der Waals surface area contributed by atoms with E-state index in [-0.39, 0.29) is 31.3 Å². The van der Waals surface area contributed by atoms with Crippen molar-refractivity contribution < 1.29 is 38.1 Å². The number of rotatable bonds is 6. The molecule has 2 aliphatic rings. The molecule has 0 saturated carbocycles. The summed E-state index contributed by atoms with van der Waals surface area (Å²) in [6.45, 7) is 1.76. The minimum atomic E-state index is -0.863. The summed E-state index contributed by atoms with van der Waals surface area (Å²) in [4.78, 5) is 50.2. The van der Waals surface area contributed by atoms with Gasteiger partial charge in [-0.2, -0.15) is 0 Å². The fraction of sp³-hybridized carbons (Fsp3) is 0.182. The molecule has 1 fully saturated rings. The number of benzene rings is 2. The molecule has 0 spiro atoms. The molecule has 4 amide bonds. The third-order valence-corrected chi connectivity index (χ3v) is 5.48. The zero-order valence-corrected chi connectivity index (χ0v) is 19.4. The summed E-state index contributed by atoms with van der Waals surface area (Å²) in [6.07, 6.45) is 1.38. The first-order valence-electron chi connectivity index (χ1n) is 9.76. The number of fused-ring (bicyclic) bond motifs is 1. The van der Waals surface area contributed by atoms with Crippen molar-refractivity contribution in [3.63, 3.8) is 0 Å². The largest absolute Gasteiger partial charge is 0.481 e. The van der Waals surface area contributed by atoms with Gasteiger partial charge in [-0.3, -0.25) is 14.9 Å². The van der Waals surface area contributed by atoms with Crippen LogP contribution in [0.25, 0.3) is 6.08 Å². The van der Waals surface area contributed by atoms with Crippen LogP contribution in [0.15, 0.2) is 42.0 Å². The van der Waals surface area contributed by atoms with Crippen LogP contribution < -0.4 is 24.4 Å². The fourth-order valence-electron chi connectivity index (χ4n) is 3.15. The van der Waals surface area contributed by atoms with Crippen molar-refractivity contribution in [3.05, 3.63) is 51.1 Å². The number of barbiturate groups is 1. The quantitative estimate of drug-likeness (QED) is 0.246. The van der Waals surface area contributed by atoms with Crippen LogP contribution in [0, 0.1) is 3.57 Å². The molecule has 0 atom stereocenters. The van der Waals surface area contributed by atoms with Crippen molar-refractivity contribution in [1.29, 1.82) is 0 Å². The van der Waals surface area contributed by atoms with Crippen molar-refractivity contribution >= 4 is 58.2 Å². The van der Waals surface area contributed by atoms with Crippen molar-refractivity contribution in [1.82, 2.24) is 5.32 Å². The van der Waals surface area contributed by atoms with E-state index < -0.39 is 23.8 Å². The van der Waals surface area contributed by atoms with Crippen LogP contribution in [0.3, 0.4) is 0 Å². The summed E-state index contributed by atoms with van der Waals surface area (Å²) < 4.78 is 21.5. The van der Waals surface area contributed by atoms with Crippen molar-refractivity contribution in [3.8, 4) is 17.2 Å². The first-order chi connectivity index (χ1) is 15.9. The monoisotopic (exact) mass is 564 g/mol. The Hall–Kier alpha value is -3.61. The lowest BCUT2D eigenvalue weighted by Crippen LogP contribution is -2.54. The highest BCUT2D eigenvalue weighted by Gasteiger charge is 2.37. The first-order valence-corrected chi connectivity index (χ1v) is 10.8. The molecule has 4 rings (SSSR count). The molecule has 10 nitrogen and oxygen atoms in total. The average molecular weight is 564 g/mol. The van der Waals surface area contributed by atoms with Crippen LogP contribution >= 0.6 is 22.6 Å². The average Bonchev–Trinajstić information content (AvgIpc) is 3.24. The molecule has 2 aromatic carbocycles. The Balaban J connectivity index is 1.57. The summed E-state index contributed by atoms with van der Waals surface area (Å²) in [5.74, 6) is -0.738. The Morgan fingerprint density at radius 2 is 1.94 bits per heavy atom.